The number of hydrogen-bond donors (Lipinski definition) is 0. The second-order valence-electron chi connectivity index (χ2n) is 11.7. The van der Waals surface area contributed by atoms with Crippen LogP contribution in [0.25, 0.3) is 22.3 Å². The predicted octanol–water partition coefficient (Wildman–Crippen LogP) is 11.8. The number of ketones is 1. The Morgan fingerprint density at radius 1 is 0.370 bits per heavy atom. The summed E-state index contributed by atoms with van der Waals surface area (Å²) in [6.45, 7) is 11.7. The van der Waals surface area contributed by atoms with E-state index in [4.69, 9.17) is 0 Å². The molecule has 0 aliphatic heterocycles. The molecule has 6 rings (SSSR count). The number of carbonyl (C=O) groups is 1. The standard InChI is InChI=1S/C15H14O.C14H12F2.C14H14/c1-11-3-7-13(8-4-11)15(16)14-9-5-12(2)6-10-14;1-9-3-5-11(6-4-9)12-7-13(15)10(2)14(16)8-12;1-11-3-7-13(8-4-11)14-9-5-12(2)6-10-14/h3-10H,1-2H3;3-8H,1-2H3;3-10H,1-2H3. The summed E-state index contributed by atoms with van der Waals surface area (Å²) >= 11 is 0. The van der Waals surface area contributed by atoms with Gasteiger partial charge in [-0.3, -0.25) is 4.79 Å². The number of benzene rings is 6. The van der Waals surface area contributed by atoms with Crippen LogP contribution in [0, 0.1) is 53.2 Å². The van der Waals surface area contributed by atoms with Gasteiger partial charge in [-0.1, -0.05) is 149 Å². The maximum Gasteiger partial charge on any atom is 0.193 e. The fraction of sp³-hybridized carbons (Fsp3) is 0.140. The van der Waals surface area contributed by atoms with Gasteiger partial charge in [-0.25, -0.2) is 8.78 Å². The van der Waals surface area contributed by atoms with Gasteiger partial charge in [-0.2, -0.15) is 0 Å². The number of hydrogen-bond acceptors (Lipinski definition) is 1. The van der Waals surface area contributed by atoms with Crippen molar-refractivity contribution in [3.63, 3.8) is 0 Å². The largest absolute Gasteiger partial charge is 0.289 e. The molecule has 1 nitrogen and oxygen atoms in total. The van der Waals surface area contributed by atoms with E-state index >= 15 is 0 Å². The summed E-state index contributed by atoms with van der Waals surface area (Å²) in [6.07, 6.45) is 0. The third kappa shape index (κ3) is 9.42. The van der Waals surface area contributed by atoms with E-state index in [1.807, 2.05) is 93.6 Å². The molecule has 0 radical (unpaired) electrons. The van der Waals surface area contributed by atoms with Crippen molar-refractivity contribution in [3.8, 4) is 22.3 Å². The SMILES string of the molecule is Cc1ccc(-c2cc(F)c(C)c(F)c2)cc1.Cc1ccc(-c2ccc(C)cc2)cc1.Cc1ccc(C(=O)c2ccc(C)cc2)cc1. The maximum atomic E-state index is 13.4. The van der Waals surface area contributed by atoms with Gasteiger partial charge >= 0.3 is 0 Å². The molecular formula is C43H40F2O. The molecule has 0 spiro atoms. The van der Waals surface area contributed by atoms with E-state index < -0.39 is 11.6 Å². The topological polar surface area (TPSA) is 17.1 Å². The molecule has 0 aliphatic carbocycles. The number of aryl methyl sites for hydroxylation is 5. The highest BCUT2D eigenvalue weighted by Crippen LogP contribution is 2.24. The van der Waals surface area contributed by atoms with E-state index in [0.717, 1.165) is 22.3 Å². The zero-order valence-corrected chi connectivity index (χ0v) is 27.4. The van der Waals surface area contributed by atoms with Crippen LogP contribution in [0.5, 0.6) is 0 Å². The van der Waals surface area contributed by atoms with E-state index in [0.29, 0.717) is 5.56 Å². The molecule has 0 fully saturated rings. The summed E-state index contributed by atoms with van der Waals surface area (Å²) in [7, 11) is 0. The van der Waals surface area contributed by atoms with Gasteiger partial charge in [0.05, 0.1) is 0 Å². The number of rotatable bonds is 4. The lowest BCUT2D eigenvalue weighted by Crippen LogP contribution is -2.00. The van der Waals surface area contributed by atoms with Crippen LogP contribution in [0.3, 0.4) is 0 Å². The quantitative estimate of drug-likeness (QED) is 0.182. The van der Waals surface area contributed by atoms with Crippen molar-refractivity contribution in [1.82, 2.24) is 0 Å². The molecule has 0 aliphatic rings. The molecule has 6 aromatic rings. The molecule has 6 aromatic carbocycles. The third-order valence-corrected chi connectivity index (χ3v) is 7.73. The van der Waals surface area contributed by atoms with Gasteiger partial charge in [-0.05, 0) is 75.9 Å². The van der Waals surface area contributed by atoms with Crippen LogP contribution in [-0.4, -0.2) is 5.78 Å². The Balaban J connectivity index is 0.000000157. The molecule has 0 unspecified atom stereocenters. The third-order valence-electron chi connectivity index (χ3n) is 7.73. The highest BCUT2D eigenvalue weighted by Gasteiger charge is 2.09. The first-order valence-corrected chi connectivity index (χ1v) is 15.3. The highest BCUT2D eigenvalue weighted by atomic mass is 19.1. The Kier molecular flexibility index (Phi) is 11.5. The fourth-order valence-corrected chi connectivity index (χ4v) is 4.63. The summed E-state index contributed by atoms with van der Waals surface area (Å²) in [5.41, 5.74) is 11.6. The molecule has 0 N–H and O–H groups in total. The Labute approximate surface area is 272 Å². The molecule has 0 heterocycles. The van der Waals surface area contributed by atoms with Crippen molar-refractivity contribution < 1.29 is 13.6 Å². The van der Waals surface area contributed by atoms with Gasteiger partial charge in [0, 0.05) is 16.7 Å². The van der Waals surface area contributed by atoms with Crippen LogP contribution in [0.15, 0.2) is 133 Å². The van der Waals surface area contributed by atoms with Crippen molar-refractivity contribution in [2.75, 3.05) is 0 Å². The Morgan fingerprint density at radius 3 is 0.891 bits per heavy atom. The van der Waals surface area contributed by atoms with E-state index in [9.17, 15) is 13.6 Å². The van der Waals surface area contributed by atoms with Crippen molar-refractivity contribution in [2.45, 2.75) is 41.5 Å². The lowest BCUT2D eigenvalue weighted by molar-refractivity contribution is 0.103. The average molecular weight is 611 g/mol. The molecule has 232 valence electrons. The van der Waals surface area contributed by atoms with Crippen molar-refractivity contribution in [3.05, 3.63) is 190 Å². The smallest absolute Gasteiger partial charge is 0.193 e. The van der Waals surface area contributed by atoms with Crippen molar-refractivity contribution in [1.29, 1.82) is 0 Å². The minimum absolute atomic E-state index is 0.0656. The highest BCUT2D eigenvalue weighted by molar-refractivity contribution is 6.09. The molecule has 0 saturated carbocycles. The minimum Gasteiger partial charge on any atom is -0.289 e. The summed E-state index contributed by atoms with van der Waals surface area (Å²) in [5.74, 6) is -0.925. The summed E-state index contributed by atoms with van der Waals surface area (Å²) in [5, 5.41) is 0. The van der Waals surface area contributed by atoms with Crippen LogP contribution < -0.4 is 0 Å². The first-order valence-electron chi connectivity index (χ1n) is 15.3. The minimum atomic E-state index is -0.504. The lowest BCUT2D eigenvalue weighted by atomic mass is 10.0. The fourth-order valence-electron chi connectivity index (χ4n) is 4.63. The normalized spacial score (nSPS) is 10.3. The summed E-state index contributed by atoms with van der Waals surface area (Å²) < 4.78 is 26.7. The Hall–Kier alpha value is -5.15. The van der Waals surface area contributed by atoms with Gasteiger partial charge in [0.15, 0.2) is 5.78 Å². The van der Waals surface area contributed by atoms with Gasteiger partial charge in [0.1, 0.15) is 11.6 Å². The van der Waals surface area contributed by atoms with Crippen LogP contribution in [-0.2, 0) is 0 Å². The van der Waals surface area contributed by atoms with E-state index in [1.165, 1.54) is 52.4 Å². The molecule has 0 aromatic heterocycles. The van der Waals surface area contributed by atoms with Crippen LogP contribution in [0.4, 0.5) is 8.78 Å². The molecular weight excluding hydrogens is 570 g/mol. The first kappa shape index (κ1) is 33.7. The lowest BCUT2D eigenvalue weighted by Gasteiger charge is -2.05. The molecule has 0 amide bonds. The predicted molar refractivity (Wildman–Crippen MR) is 188 cm³/mol. The molecule has 0 atom stereocenters. The summed E-state index contributed by atoms with van der Waals surface area (Å²) in [6, 6.07) is 42.9. The van der Waals surface area contributed by atoms with Gasteiger partial charge in [0.25, 0.3) is 0 Å². The van der Waals surface area contributed by atoms with Gasteiger partial charge < -0.3 is 0 Å². The van der Waals surface area contributed by atoms with Gasteiger partial charge in [0.2, 0.25) is 0 Å². The second kappa shape index (κ2) is 15.7. The van der Waals surface area contributed by atoms with E-state index in [2.05, 4.69) is 62.4 Å². The second-order valence-corrected chi connectivity index (χ2v) is 11.7. The maximum absolute atomic E-state index is 13.4. The number of halogens is 2. The Morgan fingerprint density at radius 2 is 0.609 bits per heavy atom. The first-order chi connectivity index (χ1) is 22.0. The number of carbonyl (C=O) groups excluding carboxylic acids is 1. The van der Waals surface area contributed by atoms with E-state index in [1.54, 1.807) is 0 Å². The van der Waals surface area contributed by atoms with Crippen molar-refractivity contribution >= 4 is 5.78 Å². The molecule has 0 bridgehead atoms. The summed E-state index contributed by atoms with van der Waals surface area (Å²) in [4.78, 5) is 12.1. The van der Waals surface area contributed by atoms with E-state index in [-0.39, 0.29) is 11.3 Å². The average Bonchev–Trinajstić information content (AvgIpc) is 3.05. The molecule has 3 heteroatoms. The van der Waals surface area contributed by atoms with Crippen molar-refractivity contribution in [2.24, 2.45) is 0 Å². The van der Waals surface area contributed by atoms with Crippen LogP contribution in [0.1, 0.15) is 49.3 Å². The van der Waals surface area contributed by atoms with Crippen LogP contribution >= 0.6 is 0 Å². The monoisotopic (exact) mass is 610 g/mol. The zero-order valence-electron chi connectivity index (χ0n) is 27.4. The zero-order chi connectivity index (χ0) is 33.2. The molecule has 46 heavy (non-hydrogen) atoms. The Bertz CT molecular complexity index is 1750. The van der Waals surface area contributed by atoms with Gasteiger partial charge in [-0.15, -0.1) is 0 Å². The van der Waals surface area contributed by atoms with Crippen LogP contribution in [0.2, 0.25) is 0 Å². The molecule has 0 saturated heterocycles.